The lowest BCUT2D eigenvalue weighted by Gasteiger charge is -2.47. The normalized spacial score (nSPS) is 52.4. The zero-order valence-electron chi connectivity index (χ0n) is 30.8. The van der Waals surface area contributed by atoms with Gasteiger partial charge in [0.25, 0.3) is 0 Å². The number of methoxy groups -OCH3 is 1. The Bertz CT molecular complexity index is 1380. The van der Waals surface area contributed by atoms with E-state index in [1.807, 2.05) is 0 Å². The van der Waals surface area contributed by atoms with Crippen LogP contribution in [0.3, 0.4) is 0 Å². The van der Waals surface area contributed by atoms with Crippen molar-refractivity contribution >= 4 is 5.78 Å². The minimum Gasteiger partial charge on any atom is -0.392 e. The standard InChI is InChI=1S/C40H59NO11/c1-19-11-24-5-7-28-20(2)12-26(45-28)9-10-40-17-33-36(51-40)37-38(50-33)39(52-40)35-29(49-37)8-6-25(47-35)13-22(42)14-27-31(16-30(46-24)21(19)3)48-32(34(27)44-4)15-23(43)18-41/h19,23-39,43H,2-3,5-18,41H2,1,4H3/t19-,23+,24+,25?,26+,27?,28?,29+,30?,31+,32-,33+,34-,35+,36+,37+,38-,39+,40+/m1/s1. The van der Waals surface area contributed by atoms with Gasteiger partial charge in [0, 0.05) is 58.1 Å². The number of ether oxygens (including phenoxy) is 9. The lowest BCUT2D eigenvalue weighted by atomic mass is 9.81. The number of ketones is 1. The third-order valence-electron chi connectivity index (χ3n) is 14.0. The van der Waals surface area contributed by atoms with E-state index in [4.69, 9.17) is 48.4 Å². The fraction of sp³-hybridized carbons (Fsp3) is 0.875. The van der Waals surface area contributed by atoms with Crippen LogP contribution >= 0.6 is 0 Å². The first-order chi connectivity index (χ1) is 25.1. The van der Waals surface area contributed by atoms with Crippen molar-refractivity contribution in [2.45, 2.75) is 194 Å². The average molecular weight is 730 g/mol. The molecule has 0 aromatic heterocycles. The SMILES string of the molecule is C=C1C[C@@H]2CC[C@@]34C[C@@H]5O[C@@H]6[C@@H](O[C@H]7CCC(CC(=O)CC8[C@H](CC9O[C@@H](CCC1O2)C[C@@H](C)C9=C)O[C@H](C[C@H](O)CN)[C@@H]8OC)O[C@@H]7[C@@H]6O3)[C@H]5O4. The molecule has 10 aliphatic rings. The summed E-state index contributed by atoms with van der Waals surface area (Å²) in [5, 5.41) is 10.5. The number of hydrogen-bond donors (Lipinski definition) is 2. The molecule has 0 aliphatic carbocycles. The third-order valence-corrected chi connectivity index (χ3v) is 14.0. The molecule has 12 bridgehead atoms. The molecule has 0 saturated carbocycles. The van der Waals surface area contributed by atoms with E-state index in [9.17, 15) is 9.90 Å². The monoisotopic (exact) mass is 729 g/mol. The van der Waals surface area contributed by atoms with Gasteiger partial charge in [-0.15, -0.1) is 0 Å². The molecule has 10 saturated heterocycles. The third kappa shape index (κ3) is 6.59. The predicted octanol–water partition coefficient (Wildman–Crippen LogP) is 3.44. The molecule has 10 aliphatic heterocycles. The largest absolute Gasteiger partial charge is 0.392 e. The number of carbonyl (C=O) groups is 1. The minimum atomic E-state index is -0.780. The minimum absolute atomic E-state index is 0.0158. The van der Waals surface area contributed by atoms with Crippen molar-refractivity contribution in [1.29, 1.82) is 0 Å². The number of carbonyl (C=O) groups excluding carboxylic acids is 1. The van der Waals surface area contributed by atoms with Gasteiger partial charge in [-0.3, -0.25) is 4.79 Å². The van der Waals surface area contributed by atoms with Gasteiger partial charge in [0.2, 0.25) is 0 Å². The van der Waals surface area contributed by atoms with Gasteiger partial charge in [0.15, 0.2) is 5.79 Å². The summed E-state index contributed by atoms with van der Waals surface area (Å²) in [6, 6.07) is 0. The maximum atomic E-state index is 14.1. The Labute approximate surface area is 307 Å². The first-order valence-corrected chi connectivity index (χ1v) is 20.2. The van der Waals surface area contributed by atoms with Gasteiger partial charge < -0.3 is 53.5 Å². The van der Waals surface area contributed by atoms with Crippen LogP contribution in [-0.4, -0.2) is 128 Å². The predicted molar refractivity (Wildman–Crippen MR) is 186 cm³/mol. The van der Waals surface area contributed by atoms with Crippen LogP contribution in [-0.2, 0) is 47.4 Å². The molecular weight excluding hydrogens is 670 g/mol. The molecule has 0 radical (unpaired) electrons. The van der Waals surface area contributed by atoms with Gasteiger partial charge in [0.1, 0.15) is 36.3 Å². The molecule has 4 unspecified atom stereocenters. The Morgan fingerprint density at radius 2 is 1.56 bits per heavy atom. The number of Topliss-reactive ketones (excluding diaryl/α,β-unsaturated/α-hetero) is 1. The lowest BCUT2D eigenvalue weighted by Crippen LogP contribution is -2.61. The summed E-state index contributed by atoms with van der Waals surface area (Å²) in [4.78, 5) is 14.1. The summed E-state index contributed by atoms with van der Waals surface area (Å²) < 4.78 is 60.0. The highest BCUT2D eigenvalue weighted by molar-refractivity contribution is 5.79. The van der Waals surface area contributed by atoms with Crippen molar-refractivity contribution in [2.24, 2.45) is 17.6 Å². The second kappa shape index (κ2) is 14.3. The number of hydrogen-bond acceptors (Lipinski definition) is 12. The maximum absolute atomic E-state index is 14.1. The van der Waals surface area contributed by atoms with E-state index < -0.39 is 18.0 Å². The molecule has 12 nitrogen and oxygen atoms in total. The summed E-state index contributed by atoms with van der Waals surface area (Å²) in [7, 11) is 1.66. The summed E-state index contributed by atoms with van der Waals surface area (Å²) >= 11 is 0. The topological polar surface area (TPSA) is 146 Å². The number of fused-ring (bicyclic) bond motifs is 6. The number of nitrogens with two attached hydrogens (primary N) is 1. The fourth-order valence-corrected chi connectivity index (χ4v) is 11.3. The van der Waals surface area contributed by atoms with Crippen LogP contribution < -0.4 is 5.73 Å². The van der Waals surface area contributed by atoms with Crippen molar-refractivity contribution in [2.75, 3.05) is 13.7 Å². The van der Waals surface area contributed by atoms with Gasteiger partial charge in [-0.1, -0.05) is 20.1 Å². The Hall–Kier alpha value is -1.29. The van der Waals surface area contributed by atoms with E-state index in [2.05, 4.69) is 20.1 Å². The molecule has 0 aromatic carbocycles. The van der Waals surface area contributed by atoms with Gasteiger partial charge in [-0.05, 0) is 62.0 Å². The van der Waals surface area contributed by atoms with E-state index in [1.165, 1.54) is 0 Å². The smallest absolute Gasteiger partial charge is 0.172 e. The molecule has 0 amide bonds. The summed E-state index contributed by atoms with van der Waals surface area (Å²) in [5.41, 5.74) is 8.01. The van der Waals surface area contributed by atoms with Crippen LogP contribution in [0.5, 0.6) is 0 Å². The van der Waals surface area contributed by atoms with Gasteiger partial charge >= 0.3 is 0 Å². The van der Waals surface area contributed by atoms with Crippen LogP contribution in [0.15, 0.2) is 24.3 Å². The van der Waals surface area contributed by atoms with Gasteiger partial charge in [-0.25, -0.2) is 0 Å². The Kier molecular flexibility index (Phi) is 10.0. The van der Waals surface area contributed by atoms with Crippen LogP contribution in [0.1, 0.15) is 90.4 Å². The van der Waals surface area contributed by atoms with E-state index in [1.54, 1.807) is 7.11 Å². The van der Waals surface area contributed by atoms with Crippen molar-refractivity contribution in [3.8, 4) is 0 Å². The molecule has 52 heavy (non-hydrogen) atoms. The van der Waals surface area contributed by atoms with E-state index in [-0.39, 0.29) is 122 Å². The Morgan fingerprint density at radius 3 is 2.38 bits per heavy atom. The molecule has 10 rings (SSSR count). The number of aliphatic hydroxyl groups excluding tert-OH is 1. The van der Waals surface area contributed by atoms with Crippen molar-refractivity contribution < 1.29 is 52.5 Å². The molecule has 19 atom stereocenters. The molecule has 10 heterocycles. The average Bonchev–Trinajstić information content (AvgIpc) is 3.79. The summed E-state index contributed by atoms with van der Waals surface area (Å²) in [6.45, 7) is 11.3. The molecular formula is C40H59NO11. The second-order valence-corrected chi connectivity index (χ2v) is 17.4. The quantitative estimate of drug-likeness (QED) is 0.409. The second-order valence-electron chi connectivity index (χ2n) is 17.4. The molecule has 1 spiro atoms. The highest BCUT2D eigenvalue weighted by atomic mass is 16.8. The zero-order valence-corrected chi connectivity index (χ0v) is 30.8. The van der Waals surface area contributed by atoms with Crippen LogP contribution in [0.4, 0.5) is 0 Å². The maximum Gasteiger partial charge on any atom is 0.172 e. The van der Waals surface area contributed by atoms with E-state index in [0.29, 0.717) is 25.7 Å². The van der Waals surface area contributed by atoms with Crippen LogP contribution in [0.25, 0.3) is 0 Å². The zero-order chi connectivity index (χ0) is 35.9. The fourth-order valence-electron chi connectivity index (χ4n) is 11.3. The first-order valence-electron chi connectivity index (χ1n) is 20.2. The van der Waals surface area contributed by atoms with Crippen molar-refractivity contribution in [1.82, 2.24) is 0 Å². The lowest BCUT2D eigenvalue weighted by molar-refractivity contribution is -0.292. The number of aliphatic hydroxyl groups is 1. The van der Waals surface area contributed by atoms with Crippen molar-refractivity contribution in [3.05, 3.63) is 24.3 Å². The van der Waals surface area contributed by atoms with Crippen LogP contribution in [0.2, 0.25) is 0 Å². The van der Waals surface area contributed by atoms with Crippen LogP contribution in [0, 0.1) is 11.8 Å². The van der Waals surface area contributed by atoms with Crippen molar-refractivity contribution in [3.63, 3.8) is 0 Å². The molecule has 12 heteroatoms. The number of rotatable bonds is 4. The highest BCUT2D eigenvalue weighted by Crippen LogP contribution is 2.54. The summed E-state index contributed by atoms with van der Waals surface area (Å²) in [5.74, 6) is -0.619. The molecule has 0 aromatic rings. The van der Waals surface area contributed by atoms with E-state index in [0.717, 1.165) is 56.1 Å². The molecule has 3 N–H and O–H groups in total. The van der Waals surface area contributed by atoms with E-state index >= 15 is 0 Å². The Morgan fingerprint density at radius 1 is 0.808 bits per heavy atom. The van der Waals surface area contributed by atoms with Gasteiger partial charge in [-0.2, -0.15) is 0 Å². The first kappa shape index (κ1) is 36.4. The Balaban J connectivity index is 0.994. The molecule has 290 valence electrons. The summed E-state index contributed by atoms with van der Waals surface area (Å²) in [6.07, 6.45) is 4.85. The molecule has 10 fully saturated rings. The van der Waals surface area contributed by atoms with Gasteiger partial charge in [0.05, 0.1) is 67.1 Å². The highest BCUT2D eigenvalue weighted by Gasteiger charge is 2.68.